The summed E-state index contributed by atoms with van der Waals surface area (Å²) in [6, 6.07) is 4.08. The number of benzene rings is 1. The van der Waals surface area contributed by atoms with E-state index in [4.69, 9.17) is 21.1 Å². The summed E-state index contributed by atoms with van der Waals surface area (Å²) >= 11 is 5.82. The molecule has 142 valence electrons. The lowest BCUT2D eigenvalue weighted by molar-refractivity contribution is 0.0270. The predicted molar refractivity (Wildman–Crippen MR) is 94.7 cm³/mol. The molecule has 2 atom stereocenters. The Bertz CT molecular complexity index is 874. The average Bonchev–Trinajstić information content (AvgIpc) is 3.00. The molecule has 0 bridgehead atoms. The van der Waals surface area contributed by atoms with E-state index in [1.165, 1.54) is 23.0 Å². The van der Waals surface area contributed by atoms with Crippen LogP contribution in [0.4, 0.5) is 4.39 Å². The highest BCUT2D eigenvalue weighted by molar-refractivity contribution is 7.88. The summed E-state index contributed by atoms with van der Waals surface area (Å²) in [4.78, 5) is 0. The number of aromatic nitrogens is 2. The number of hydrogen-bond donors (Lipinski definition) is 1. The Kier molecular flexibility index (Phi) is 5.81. The highest BCUT2D eigenvalue weighted by Gasteiger charge is 2.29. The largest absolute Gasteiger partial charge is 0.490 e. The molecule has 1 aromatic heterocycles. The second-order valence-electron chi connectivity index (χ2n) is 6.15. The van der Waals surface area contributed by atoms with Crippen LogP contribution in [-0.2, 0) is 14.8 Å². The second-order valence-corrected chi connectivity index (χ2v) is 8.37. The zero-order valence-corrected chi connectivity index (χ0v) is 15.6. The van der Waals surface area contributed by atoms with Gasteiger partial charge in [-0.2, -0.15) is 5.10 Å². The van der Waals surface area contributed by atoms with E-state index in [1.807, 2.05) is 0 Å². The van der Waals surface area contributed by atoms with Gasteiger partial charge in [0.1, 0.15) is 0 Å². The maximum atomic E-state index is 14.3. The Morgan fingerprint density at radius 1 is 1.50 bits per heavy atom. The molecule has 1 aliphatic heterocycles. The van der Waals surface area contributed by atoms with Gasteiger partial charge in [0.15, 0.2) is 11.6 Å². The molecule has 1 aromatic carbocycles. The molecule has 7 nitrogen and oxygen atoms in total. The van der Waals surface area contributed by atoms with Crippen molar-refractivity contribution < 1.29 is 22.3 Å². The SMILES string of the molecule is CS(=O)(=O)N[C@H]1COCC[C@@H]1COc1ccc(-n2cc(Cl)cn2)cc1F. The minimum atomic E-state index is -3.36. The Hall–Kier alpha value is -1.68. The van der Waals surface area contributed by atoms with Gasteiger partial charge >= 0.3 is 0 Å². The van der Waals surface area contributed by atoms with Gasteiger partial charge in [-0.15, -0.1) is 0 Å². The molecular weight excluding hydrogens is 385 g/mol. The number of rotatable bonds is 6. The number of ether oxygens (including phenoxy) is 2. The number of sulfonamides is 1. The van der Waals surface area contributed by atoms with Crippen molar-refractivity contribution in [3.8, 4) is 11.4 Å². The van der Waals surface area contributed by atoms with Crippen molar-refractivity contribution >= 4 is 21.6 Å². The number of nitrogens with zero attached hydrogens (tertiary/aromatic N) is 2. The third kappa shape index (κ3) is 4.94. The second kappa shape index (κ2) is 7.91. The van der Waals surface area contributed by atoms with Crippen LogP contribution in [0.15, 0.2) is 30.6 Å². The minimum Gasteiger partial charge on any atom is -0.490 e. The molecule has 0 unspecified atom stereocenters. The van der Waals surface area contributed by atoms with Crippen LogP contribution in [0, 0.1) is 11.7 Å². The number of nitrogens with one attached hydrogen (secondary N) is 1. The molecule has 1 saturated heterocycles. The van der Waals surface area contributed by atoms with E-state index in [-0.39, 0.29) is 24.9 Å². The topological polar surface area (TPSA) is 82.5 Å². The van der Waals surface area contributed by atoms with E-state index in [0.29, 0.717) is 23.7 Å². The van der Waals surface area contributed by atoms with Gasteiger partial charge < -0.3 is 9.47 Å². The maximum Gasteiger partial charge on any atom is 0.209 e. The van der Waals surface area contributed by atoms with Crippen molar-refractivity contribution in [2.75, 3.05) is 26.1 Å². The van der Waals surface area contributed by atoms with Gasteiger partial charge in [-0.25, -0.2) is 22.2 Å². The Labute approximate surface area is 156 Å². The van der Waals surface area contributed by atoms with Crippen molar-refractivity contribution in [2.24, 2.45) is 5.92 Å². The summed E-state index contributed by atoms with van der Waals surface area (Å²) in [7, 11) is -3.36. The van der Waals surface area contributed by atoms with E-state index in [0.717, 1.165) is 6.26 Å². The molecule has 1 fully saturated rings. The number of hydrogen-bond acceptors (Lipinski definition) is 5. The third-order valence-electron chi connectivity index (χ3n) is 4.05. The molecule has 2 aromatic rings. The summed E-state index contributed by atoms with van der Waals surface area (Å²) in [5.41, 5.74) is 0.518. The molecule has 0 amide bonds. The van der Waals surface area contributed by atoms with Crippen LogP contribution in [0.5, 0.6) is 5.75 Å². The summed E-state index contributed by atoms with van der Waals surface area (Å²) < 4.78 is 52.2. The first-order valence-electron chi connectivity index (χ1n) is 8.00. The lowest BCUT2D eigenvalue weighted by atomic mass is 9.97. The van der Waals surface area contributed by atoms with Gasteiger partial charge in [0, 0.05) is 24.8 Å². The predicted octanol–water partition coefficient (Wildman–Crippen LogP) is 2.00. The van der Waals surface area contributed by atoms with Crippen LogP contribution in [0.25, 0.3) is 5.69 Å². The van der Waals surface area contributed by atoms with Gasteiger partial charge in [-0.05, 0) is 18.6 Å². The van der Waals surface area contributed by atoms with Crippen molar-refractivity contribution in [1.29, 1.82) is 0 Å². The zero-order chi connectivity index (χ0) is 18.7. The van der Waals surface area contributed by atoms with E-state index >= 15 is 0 Å². The van der Waals surface area contributed by atoms with E-state index in [2.05, 4.69) is 9.82 Å². The lowest BCUT2D eigenvalue weighted by Gasteiger charge is -2.31. The van der Waals surface area contributed by atoms with Gasteiger partial charge in [-0.3, -0.25) is 0 Å². The average molecular weight is 404 g/mol. The first-order chi connectivity index (χ1) is 12.3. The standard InChI is InChI=1S/C16H19ClFN3O4S/c1-26(22,23)20-15-10-24-5-4-11(15)9-25-16-3-2-13(6-14(16)18)21-8-12(17)7-19-21/h2-3,6-8,11,15,20H,4-5,9-10H2,1H3/t11-,15+/m1/s1. The Balaban J connectivity index is 1.66. The van der Waals surface area contributed by atoms with E-state index < -0.39 is 21.9 Å². The fourth-order valence-corrected chi connectivity index (χ4v) is 3.72. The first kappa shape index (κ1) is 19.1. The smallest absolute Gasteiger partial charge is 0.209 e. The molecule has 10 heteroatoms. The van der Waals surface area contributed by atoms with Crippen molar-refractivity contribution in [2.45, 2.75) is 12.5 Å². The van der Waals surface area contributed by atoms with Crippen LogP contribution in [0.2, 0.25) is 5.02 Å². The zero-order valence-electron chi connectivity index (χ0n) is 14.1. The molecular formula is C16H19ClFN3O4S. The van der Waals surface area contributed by atoms with Crippen LogP contribution in [0.1, 0.15) is 6.42 Å². The lowest BCUT2D eigenvalue weighted by Crippen LogP contribution is -2.48. The van der Waals surface area contributed by atoms with E-state index in [1.54, 1.807) is 12.3 Å². The molecule has 0 aliphatic carbocycles. The highest BCUT2D eigenvalue weighted by Crippen LogP contribution is 2.24. The quantitative estimate of drug-likeness (QED) is 0.797. The minimum absolute atomic E-state index is 0.0941. The molecule has 1 N–H and O–H groups in total. The van der Waals surface area contributed by atoms with Crippen molar-refractivity contribution in [3.05, 3.63) is 41.4 Å². The van der Waals surface area contributed by atoms with E-state index in [9.17, 15) is 12.8 Å². The third-order valence-corrected chi connectivity index (χ3v) is 4.97. The summed E-state index contributed by atoms with van der Waals surface area (Å²) in [6.07, 6.45) is 4.75. The highest BCUT2D eigenvalue weighted by atomic mass is 35.5. The van der Waals surface area contributed by atoms with Crippen LogP contribution < -0.4 is 9.46 Å². The Morgan fingerprint density at radius 2 is 2.31 bits per heavy atom. The molecule has 26 heavy (non-hydrogen) atoms. The maximum absolute atomic E-state index is 14.3. The van der Waals surface area contributed by atoms with Gasteiger partial charge in [0.25, 0.3) is 0 Å². The molecule has 0 saturated carbocycles. The summed E-state index contributed by atoms with van der Waals surface area (Å²) in [5, 5.41) is 4.47. The molecule has 0 radical (unpaired) electrons. The van der Waals surface area contributed by atoms with Crippen LogP contribution >= 0.6 is 11.6 Å². The van der Waals surface area contributed by atoms with Crippen LogP contribution in [0.3, 0.4) is 0 Å². The summed E-state index contributed by atoms with van der Waals surface area (Å²) in [6.45, 7) is 0.959. The van der Waals surface area contributed by atoms with Crippen molar-refractivity contribution in [1.82, 2.24) is 14.5 Å². The molecule has 2 heterocycles. The molecule has 3 rings (SSSR count). The summed E-state index contributed by atoms with van der Waals surface area (Å²) in [5.74, 6) is -0.548. The fraction of sp³-hybridized carbons (Fsp3) is 0.438. The van der Waals surface area contributed by atoms with Gasteiger partial charge in [0.2, 0.25) is 10.0 Å². The van der Waals surface area contributed by atoms with Gasteiger partial charge in [0.05, 0.1) is 42.4 Å². The first-order valence-corrected chi connectivity index (χ1v) is 10.3. The van der Waals surface area contributed by atoms with Gasteiger partial charge in [-0.1, -0.05) is 11.6 Å². The number of halogens is 2. The Morgan fingerprint density at radius 3 is 2.96 bits per heavy atom. The van der Waals surface area contributed by atoms with Crippen molar-refractivity contribution in [3.63, 3.8) is 0 Å². The van der Waals surface area contributed by atoms with Crippen LogP contribution in [-0.4, -0.2) is 50.3 Å². The monoisotopic (exact) mass is 403 g/mol. The molecule has 0 spiro atoms. The molecule has 1 aliphatic rings. The fourth-order valence-electron chi connectivity index (χ4n) is 2.78. The normalized spacial score (nSPS) is 20.9.